The Kier molecular flexibility index (Phi) is 10.1. The molecule has 6 nitrogen and oxygen atoms in total. The number of halogens is 1. The van der Waals surface area contributed by atoms with Gasteiger partial charge in [0.15, 0.2) is 5.96 Å². The molecule has 3 aliphatic rings. The average Bonchev–Trinajstić information content (AvgIpc) is 3.47. The van der Waals surface area contributed by atoms with E-state index >= 15 is 0 Å². The maximum absolute atomic E-state index is 12.7. The Morgan fingerprint density at radius 2 is 1.84 bits per heavy atom. The number of anilines is 1. The first-order chi connectivity index (χ1) is 15.2. The van der Waals surface area contributed by atoms with Gasteiger partial charge in [0.05, 0.1) is 0 Å². The second-order valence-corrected chi connectivity index (χ2v) is 9.18. The minimum atomic E-state index is 0. The van der Waals surface area contributed by atoms with Crippen molar-refractivity contribution in [3.63, 3.8) is 0 Å². The van der Waals surface area contributed by atoms with Crippen molar-refractivity contribution in [1.29, 1.82) is 0 Å². The number of rotatable bonds is 7. The monoisotopic (exact) mass is 553 g/mol. The maximum atomic E-state index is 12.7. The van der Waals surface area contributed by atoms with Crippen LogP contribution in [-0.2, 0) is 11.2 Å². The molecular formula is C25H40IN5O. The van der Waals surface area contributed by atoms with Gasteiger partial charge in [0, 0.05) is 56.9 Å². The third-order valence-electron chi connectivity index (χ3n) is 7.06. The molecule has 1 aliphatic carbocycles. The number of carbonyl (C=O) groups excluding carboxylic acids is 1. The number of nitrogens with zero attached hydrogens (tertiary/aromatic N) is 3. The van der Waals surface area contributed by atoms with Crippen LogP contribution in [0.5, 0.6) is 0 Å². The summed E-state index contributed by atoms with van der Waals surface area (Å²) in [6, 6.07) is 9.58. The first-order valence-electron chi connectivity index (χ1n) is 12.4. The molecule has 0 radical (unpaired) electrons. The molecule has 0 spiro atoms. The Morgan fingerprint density at radius 3 is 2.59 bits per heavy atom. The van der Waals surface area contributed by atoms with Gasteiger partial charge in [0.1, 0.15) is 0 Å². The molecule has 1 aromatic carbocycles. The largest absolute Gasteiger partial charge is 0.357 e. The molecule has 0 bridgehead atoms. The third-order valence-corrected chi connectivity index (χ3v) is 7.06. The van der Waals surface area contributed by atoms with E-state index < -0.39 is 0 Å². The van der Waals surface area contributed by atoms with Crippen molar-refractivity contribution >= 4 is 41.5 Å². The summed E-state index contributed by atoms with van der Waals surface area (Å²) in [4.78, 5) is 22.1. The van der Waals surface area contributed by atoms with Crippen LogP contribution >= 0.6 is 24.0 Å². The third kappa shape index (κ3) is 6.59. The number of piperidine rings is 1. The summed E-state index contributed by atoms with van der Waals surface area (Å²) >= 11 is 0. The number of hydrogen-bond acceptors (Lipinski definition) is 3. The minimum absolute atomic E-state index is 0. The second-order valence-electron chi connectivity index (χ2n) is 9.18. The fraction of sp³-hybridized carbons (Fsp3) is 0.680. The molecule has 1 saturated carbocycles. The lowest BCUT2D eigenvalue weighted by Gasteiger charge is -2.36. The number of hydrogen-bond donors (Lipinski definition) is 2. The van der Waals surface area contributed by atoms with E-state index in [-0.39, 0.29) is 29.9 Å². The molecule has 32 heavy (non-hydrogen) atoms. The number of guanidine groups is 1. The highest BCUT2D eigenvalue weighted by molar-refractivity contribution is 14.0. The summed E-state index contributed by atoms with van der Waals surface area (Å²) in [7, 11) is 0. The van der Waals surface area contributed by atoms with E-state index in [1.807, 2.05) is 11.0 Å². The Labute approximate surface area is 210 Å². The van der Waals surface area contributed by atoms with E-state index in [1.54, 1.807) is 0 Å². The Morgan fingerprint density at radius 1 is 1.09 bits per heavy atom. The summed E-state index contributed by atoms with van der Waals surface area (Å²) in [5, 5.41) is 7.02. The fourth-order valence-electron chi connectivity index (χ4n) is 5.35. The number of carbonyl (C=O) groups is 1. The molecule has 2 N–H and O–H groups in total. The molecule has 2 aliphatic heterocycles. The highest BCUT2D eigenvalue weighted by Crippen LogP contribution is 2.28. The topological polar surface area (TPSA) is 60.0 Å². The molecule has 1 saturated heterocycles. The van der Waals surface area contributed by atoms with Crippen LogP contribution in [0.3, 0.4) is 0 Å². The highest BCUT2D eigenvalue weighted by atomic mass is 127. The molecular weight excluding hydrogens is 513 g/mol. The fourth-order valence-corrected chi connectivity index (χ4v) is 5.35. The standard InChI is InChI=1S/C25H39N5O.HI/c1-2-26-25(28-21-14-17-29(18-15-21)22-9-4-5-10-22)27-16-7-12-24(31)30-19-13-20-8-3-6-11-23(20)30;/h3,6,8,11,21-22H,2,4-5,7,9-10,12-19H2,1H3,(H2,26,27,28);1H. The van der Waals surface area contributed by atoms with Gasteiger partial charge in [-0.15, -0.1) is 24.0 Å². The molecule has 0 unspecified atom stereocenters. The van der Waals surface area contributed by atoms with E-state index in [2.05, 4.69) is 40.7 Å². The van der Waals surface area contributed by atoms with Gasteiger partial charge in [-0.25, -0.2) is 0 Å². The molecule has 0 atom stereocenters. The summed E-state index contributed by atoms with van der Waals surface area (Å²) in [5.41, 5.74) is 2.38. The van der Waals surface area contributed by atoms with Gasteiger partial charge in [0.2, 0.25) is 5.91 Å². The minimum Gasteiger partial charge on any atom is -0.357 e. The molecule has 4 rings (SSSR count). The molecule has 1 amide bonds. The number of fused-ring (bicyclic) bond motifs is 1. The van der Waals surface area contributed by atoms with Crippen LogP contribution in [0.15, 0.2) is 29.3 Å². The summed E-state index contributed by atoms with van der Waals surface area (Å²) in [6.45, 7) is 6.86. The van der Waals surface area contributed by atoms with Crippen molar-refractivity contribution in [3.05, 3.63) is 29.8 Å². The van der Waals surface area contributed by atoms with Crippen molar-refractivity contribution in [2.24, 2.45) is 4.99 Å². The van der Waals surface area contributed by atoms with Crippen LogP contribution in [0, 0.1) is 0 Å². The Hall–Kier alpha value is -1.35. The highest BCUT2D eigenvalue weighted by Gasteiger charge is 2.27. The van der Waals surface area contributed by atoms with Crippen LogP contribution < -0.4 is 15.5 Å². The molecule has 2 fully saturated rings. The average molecular weight is 554 g/mol. The lowest BCUT2D eigenvalue weighted by Crippen LogP contribution is -2.50. The first-order valence-corrected chi connectivity index (χ1v) is 12.4. The number of likely N-dealkylation sites (tertiary alicyclic amines) is 1. The zero-order chi connectivity index (χ0) is 21.5. The number of aliphatic imine (C=N–C) groups is 1. The molecule has 0 aromatic heterocycles. The zero-order valence-corrected chi connectivity index (χ0v) is 21.9. The van der Waals surface area contributed by atoms with E-state index in [9.17, 15) is 4.79 Å². The second kappa shape index (κ2) is 12.8. The molecule has 2 heterocycles. The predicted molar refractivity (Wildman–Crippen MR) is 143 cm³/mol. The van der Waals surface area contributed by atoms with E-state index in [1.165, 1.54) is 57.2 Å². The van der Waals surface area contributed by atoms with Gasteiger partial charge in [-0.2, -0.15) is 0 Å². The van der Waals surface area contributed by atoms with Gasteiger partial charge >= 0.3 is 0 Å². The smallest absolute Gasteiger partial charge is 0.227 e. The Bertz CT molecular complexity index is 756. The van der Waals surface area contributed by atoms with Gasteiger partial charge < -0.3 is 20.4 Å². The first kappa shape index (κ1) is 25.3. The van der Waals surface area contributed by atoms with Crippen LogP contribution in [0.4, 0.5) is 5.69 Å². The molecule has 178 valence electrons. The molecule has 1 aromatic rings. The van der Waals surface area contributed by atoms with Gasteiger partial charge in [0.25, 0.3) is 0 Å². The quantitative estimate of drug-likeness (QED) is 0.233. The van der Waals surface area contributed by atoms with Crippen molar-refractivity contribution in [2.45, 2.75) is 76.8 Å². The van der Waals surface area contributed by atoms with Crippen LogP contribution in [0.1, 0.15) is 63.9 Å². The number of para-hydroxylation sites is 1. The SMILES string of the molecule is CCNC(=NCCCC(=O)N1CCc2ccccc21)NC1CCN(C2CCCC2)CC1.I. The Balaban J connectivity index is 0.00000289. The lowest BCUT2D eigenvalue weighted by molar-refractivity contribution is -0.118. The summed E-state index contributed by atoms with van der Waals surface area (Å²) < 4.78 is 0. The number of amides is 1. The predicted octanol–water partition coefficient (Wildman–Crippen LogP) is 3.94. The van der Waals surface area contributed by atoms with E-state index in [0.717, 1.165) is 43.6 Å². The van der Waals surface area contributed by atoms with Gasteiger partial charge in [-0.1, -0.05) is 31.0 Å². The van der Waals surface area contributed by atoms with Crippen molar-refractivity contribution in [2.75, 3.05) is 37.6 Å². The van der Waals surface area contributed by atoms with E-state index in [4.69, 9.17) is 4.99 Å². The van der Waals surface area contributed by atoms with Crippen molar-refractivity contribution < 1.29 is 4.79 Å². The number of nitrogens with one attached hydrogen (secondary N) is 2. The van der Waals surface area contributed by atoms with Crippen LogP contribution in [-0.4, -0.2) is 61.6 Å². The van der Waals surface area contributed by atoms with Crippen LogP contribution in [0.25, 0.3) is 0 Å². The lowest BCUT2D eigenvalue weighted by atomic mass is 10.0. The zero-order valence-electron chi connectivity index (χ0n) is 19.5. The number of benzene rings is 1. The van der Waals surface area contributed by atoms with Gasteiger partial charge in [-0.3, -0.25) is 9.79 Å². The van der Waals surface area contributed by atoms with Crippen molar-refractivity contribution in [1.82, 2.24) is 15.5 Å². The molecule has 7 heteroatoms. The summed E-state index contributed by atoms with van der Waals surface area (Å²) in [5.74, 6) is 1.12. The maximum Gasteiger partial charge on any atom is 0.227 e. The van der Waals surface area contributed by atoms with Gasteiger partial charge in [-0.05, 0) is 57.1 Å². The summed E-state index contributed by atoms with van der Waals surface area (Å²) in [6.07, 6.45) is 10.3. The normalized spacial score (nSPS) is 20.2. The van der Waals surface area contributed by atoms with Crippen molar-refractivity contribution in [3.8, 4) is 0 Å². The van der Waals surface area contributed by atoms with E-state index in [0.29, 0.717) is 19.0 Å². The van der Waals surface area contributed by atoms with Crippen LogP contribution in [0.2, 0.25) is 0 Å².